The number of rotatable bonds is 5. The number of allylic oxidation sites excluding steroid dienone is 7. The highest BCUT2D eigenvalue weighted by molar-refractivity contribution is 7.95. The van der Waals surface area contributed by atoms with E-state index in [1.165, 1.54) is 0 Å². The zero-order valence-electron chi connectivity index (χ0n) is 12.1. The SMILES string of the molecule is C=C/C=C\C=C(/C)c1ccc(S(=O)(=O)/C(C)=C/C)cc1. The van der Waals surface area contributed by atoms with Gasteiger partial charge in [-0.05, 0) is 44.0 Å². The van der Waals surface area contributed by atoms with Crippen molar-refractivity contribution in [2.75, 3.05) is 0 Å². The Labute approximate surface area is 121 Å². The minimum Gasteiger partial charge on any atom is -0.219 e. The van der Waals surface area contributed by atoms with E-state index < -0.39 is 9.84 Å². The summed E-state index contributed by atoms with van der Waals surface area (Å²) in [4.78, 5) is 0.692. The van der Waals surface area contributed by atoms with Gasteiger partial charge in [-0.2, -0.15) is 0 Å². The third kappa shape index (κ3) is 3.81. The zero-order chi connectivity index (χ0) is 15.2. The van der Waals surface area contributed by atoms with Crippen LogP contribution in [0.1, 0.15) is 26.3 Å². The van der Waals surface area contributed by atoms with Crippen LogP contribution in [0.5, 0.6) is 0 Å². The summed E-state index contributed by atoms with van der Waals surface area (Å²) in [5.74, 6) is 0. The minimum atomic E-state index is -3.34. The molecular weight excluding hydrogens is 268 g/mol. The lowest BCUT2D eigenvalue weighted by atomic mass is 10.1. The van der Waals surface area contributed by atoms with Crippen LogP contribution in [0.15, 0.2) is 71.0 Å². The van der Waals surface area contributed by atoms with Gasteiger partial charge in [0.1, 0.15) is 0 Å². The molecule has 0 bridgehead atoms. The van der Waals surface area contributed by atoms with Crippen molar-refractivity contribution in [3.8, 4) is 0 Å². The average Bonchev–Trinajstić information content (AvgIpc) is 2.46. The van der Waals surface area contributed by atoms with Gasteiger partial charge in [0.2, 0.25) is 9.84 Å². The second kappa shape index (κ2) is 7.06. The maximum atomic E-state index is 12.2. The van der Waals surface area contributed by atoms with Crippen LogP contribution in [-0.4, -0.2) is 8.42 Å². The van der Waals surface area contributed by atoms with Gasteiger partial charge in [0.15, 0.2) is 0 Å². The lowest BCUT2D eigenvalue weighted by Gasteiger charge is -2.06. The summed E-state index contributed by atoms with van der Waals surface area (Å²) in [6, 6.07) is 6.94. The van der Waals surface area contributed by atoms with Crippen molar-refractivity contribution in [1.29, 1.82) is 0 Å². The molecule has 0 N–H and O–H groups in total. The molecule has 0 amide bonds. The van der Waals surface area contributed by atoms with Crippen LogP contribution < -0.4 is 0 Å². The standard InChI is InChI=1S/C17H20O2S/c1-5-7-8-9-14(3)16-10-12-17(13-11-16)20(18,19)15(4)6-2/h5-13H,1H2,2-4H3/b8-7-,14-9+,15-6+. The molecule has 106 valence electrons. The monoisotopic (exact) mass is 288 g/mol. The van der Waals surface area contributed by atoms with Crippen LogP contribution in [0.3, 0.4) is 0 Å². The molecule has 2 nitrogen and oxygen atoms in total. The number of hydrogen-bond acceptors (Lipinski definition) is 2. The molecular formula is C17H20O2S. The molecule has 0 unspecified atom stereocenters. The van der Waals surface area contributed by atoms with Gasteiger partial charge in [-0.25, -0.2) is 8.42 Å². The minimum absolute atomic E-state index is 0.325. The van der Waals surface area contributed by atoms with E-state index in [9.17, 15) is 8.42 Å². The Hall–Kier alpha value is -1.87. The highest BCUT2D eigenvalue weighted by Gasteiger charge is 2.15. The quantitative estimate of drug-likeness (QED) is 0.746. The van der Waals surface area contributed by atoms with Crippen LogP contribution in [0.25, 0.3) is 5.57 Å². The fourth-order valence-corrected chi connectivity index (χ4v) is 2.79. The fraction of sp³-hybridized carbons (Fsp3) is 0.176. The molecule has 0 saturated carbocycles. The van der Waals surface area contributed by atoms with E-state index >= 15 is 0 Å². The van der Waals surface area contributed by atoms with Gasteiger partial charge in [-0.3, -0.25) is 0 Å². The largest absolute Gasteiger partial charge is 0.219 e. The van der Waals surface area contributed by atoms with Gasteiger partial charge >= 0.3 is 0 Å². The van der Waals surface area contributed by atoms with Crippen molar-refractivity contribution in [1.82, 2.24) is 0 Å². The second-order valence-corrected chi connectivity index (χ2v) is 6.52. The average molecular weight is 288 g/mol. The Morgan fingerprint density at radius 2 is 1.70 bits per heavy atom. The molecule has 0 aliphatic carbocycles. The van der Waals surface area contributed by atoms with Crippen LogP contribution in [-0.2, 0) is 9.84 Å². The molecule has 1 rings (SSSR count). The van der Waals surface area contributed by atoms with Crippen molar-refractivity contribution in [3.05, 3.63) is 71.7 Å². The summed E-state index contributed by atoms with van der Waals surface area (Å²) in [7, 11) is -3.34. The second-order valence-electron chi connectivity index (χ2n) is 4.40. The van der Waals surface area contributed by atoms with Crippen molar-refractivity contribution in [3.63, 3.8) is 0 Å². The molecule has 0 radical (unpaired) electrons. The van der Waals surface area contributed by atoms with Gasteiger partial charge < -0.3 is 0 Å². The van der Waals surface area contributed by atoms with Crippen LogP contribution in [0.4, 0.5) is 0 Å². The van der Waals surface area contributed by atoms with Gasteiger partial charge in [0, 0.05) is 4.91 Å². The summed E-state index contributed by atoms with van der Waals surface area (Å²) < 4.78 is 24.3. The van der Waals surface area contributed by atoms with Crippen LogP contribution >= 0.6 is 0 Å². The Balaban J connectivity index is 3.10. The first-order valence-corrected chi connectivity index (χ1v) is 7.86. The molecule has 0 aromatic heterocycles. The topological polar surface area (TPSA) is 34.1 Å². The molecule has 1 aromatic rings. The van der Waals surface area contributed by atoms with Crippen molar-refractivity contribution in [2.24, 2.45) is 0 Å². The Kier molecular flexibility index (Phi) is 5.71. The maximum absolute atomic E-state index is 12.2. The molecule has 0 fully saturated rings. The van der Waals surface area contributed by atoms with Crippen molar-refractivity contribution in [2.45, 2.75) is 25.7 Å². The van der Waals surface area contributed by atoms with Crippen molar-refractivity contribution >= 4 is 15.4 Å². The molecule has 1 aromatic carbocycles. The van der Waals surface area contributed by atoms with Gasteiger partial charge in [-0.15, -0.1) is 0 Å². The highest BCUT2D eigenvalue weighted by Crippen LogP contribution is 2.21. The van der Waals surface area contributed by atoms with E-state index in [4.69, 9.17) is 0 Å². The molecule has 3 heteroatoms. The van der Waals surface area contributed by atoms with E-state index in [0.717, 1.165) is 11.1 Å². The summed E-state index contributed by atoms with van der Waals surface area (Å²) >= 11 is 0. The van der Waals surface area contributed by atoms with E-state index in [1.54, 1.807) is 38.1 Å². The third-order valence-corrected chi connectivity index (χ3v) is 5.02. The molecule has 0 spiro atoms. The Bertz CT molecular complexity index is 657. The molecule has 0 aliphatic heterocycles. The number of sulfone groups is 1. The smallest absolute Gasteiger partial charge is 0.202 e. The van der Waals surface area contributed by atoms with E-state index in [2.05, 4.69) is 6.58 Å². The van der Waals surface area contributed by atoms with Crippen molar-refractivity contribution < 1.29 is 8.42 Å². The molecule has 0 aliphatic rings. The summed E-state index contributed by atoms with van der Waals surface area (Å²) in [5.41, 5.74) is 2.06. The van der Waals surface area contributed by atoms with E-state index in [-0.39, 0.29) is 0 Å². The van der Waals surface area contributed by atoms with E-state index in [0.29, 0.717) is 9.80 Å². The van der Waals surface area contributed by atoms with Crippen LogP contribution in [0.2, 0.25) is 0 Å². The summed E-state index contributed by atoms with van der Waals surface area (Å²) in [6.45, 7) is 8.91. The number of hydrogen-bond donors (Lipinski definition) is 0. The lowest BCUT2D eigenvalue weighted by Crippen LogP contribution is -2.02. The first-order valence-electron chi connectivity index (χ1n) is 6.38. The predicted molar refractivity (Wildman–Crippen MR) is 86.0 cm³/mol. The summed E-state index contributed by atoms with van der Waals surface area (Å²) in [5, 5.41) is 0. The molecule has 0 atom stereocenters. The fourth-order valence-electron chi connectivity index (χ4n) is 1.61. The molecule has 0 heterocycles. The predicted octanol–water partition coefficient (Wildman–Crippen LogP) is 4.53. The van der Waals surface area contributed by atoms with Gasteiger partial charge in [-0.1, -0.05) is 49.1 Å². The molecule has 0 saturated heterocycles. The lowest BCUT2D eigenvalue weighted by molar-refractivity contribution is 0.602. The van der Waals surface area contributed by atoms with Gasteiger partial charge in [0.05, 0.1) is 4.90 Å². The zero-order valence-corrected chi connectivity index (χ0v) is 12.9. The Morgan fingerprint density at radius 1 is 1.10 bits per heavy atom. The third-order valence-electron chi connectivity index (χ3n) is 3.04. The van der Waals surface area contributed by atoms with E-state index in [1.807, 2.05) is 37.3 Å². The van der Waals surface area contributed by atoms with Gasteiger partial charge in [0.25, 0.3) is 0 Å². The number of benzene rings is 1. The maximum Gasteiger partial charge on any atom is 0.202 e. The first kappa shape index (κ1) is 16.2. The highest BCUT2D eigenvalue weighted by atomic mass is 32.2. The summed E-state index contributed by atoms with van der Waals surface area (Å²) in [6.07, 6.45) is 9.02. The normalized spacial score (nSPS) is 13.8. The van der Waals surface area contributed by atoms with Crippen LogP contribution in [0, 0.1) is 0 Å². The molecule has 20 heavy (non-hydrogen) atoms. The first-order chi connectivity index (χ1) is 9.43. The Morgan fingerprint density at radius 3 is 2.20 bits per heavy atom.